The molecule has 1 aliphatic rings. The third-order valence-corrected chi connectivity index (χ3v) is 4.57. The summed E-state index contributed by atoms with van der Waals surface area (Å²) in [5, 5.41) is 4.58. The van der Waals surface area contributed by atoms with Crippen molar-refractivity contribution in [2.45, 2.75) is 52.7 Å². The molecule has 1 heterocycles. The summed E-state index contributed by atoms with van der Waals surface area (Å²) >= 11 is 6.13. The van der Waals surface area contributed by atoms with Gasteiger partial charge >= 0.3 is 0 Å². The molecule has 1 N–H and O–H groups in total. The van der Waals surface area contributed by atoms with Gasteiger partial charge in [-0.3, -0.25) is 4.90 Å². The third kappa shape index (κ3) is 4.98. The zero-order valence-corrected chi connectivity index (χ0v) is 14.5. The Balaban J connectivity index is 2.06. The summed E-state index contributed by atoms with van der Waals surface area (Å²) in [6, 6.07) is 9.49. The lowest BCUT2D eigenvalue weighted by Gasteiger charge is -2.43. The molecule has 1 fully saturated rings. The molecule has 1 aromatic rings. The van der Waals surface area contributed by atoms with Gasteiger partial charge in [0.2, 0.25) is 0 Å². The molecular weight excluding hydrogens is 280 g/mol. The molecule has 0 saturated carbocycles. The van der Waals surface area contributed by atoms with E-state index in [-0.39, 0.29) is 0 Å². The Morgan fingerprint density at radius 3 is 2.67 bits per heavy atom. The van der Waals surface area contributed by atoms with Crippen molar-refractivity contribution >= 4 is 11.6 Å². The zero-order valence-electron chi connectivity index (χ0n) is 13.8. The van der Waals surface area contributed by atoms with E-state index in [1.165, 1.54) is 12.0 Å². The Kier molecular flexibility index (Phi) is 6.09. The van der Waals surface area contributed by atoms with E-state index < -0.39 is 0 Å². The quantitative estimate of drug-likeness (QED) is 0.877. The minimum absolute atomic E-state index is 0.604. The maximum absolute atomic E-state index is 6.13. The first-order valence-corrected chi connectivity index (χ1v) is 8.55. The van der Waals surface area contributed by atoms with E-state index in [1.807, 2.05) is 6.07 Å². The summed E-state index contributed by atoms with van der Waals surface area (Å²) in [6.45, 7) is 12.5. The fourth-order valence-corrected chi connectivity index (χ4v) is 3.55. The van der Waals surface area contributed by atoms with E-state index in [1.54, 1.807) is 0 Å². The fraction of sp³-hybridized carbons (Fsp3) is 0.667. The second-order valence-corrected chi connectivity index (χ2v) is 7.54. The lowest BCUT2D eigenvalue weighted by molar-refractivity contribution is 0.0852. The zero-order chi connectivity index (χ0) is 15.4. The van der Waals surface area contributed by atoms with Crippen LogP contribution in [0, 0.1) is 11.8 Å². The molecule has 2 atom stereocenters. The molecule has 0 aliphatic carbocycles. The highest BCUT2D eigenvalue weighted by atomic mass is 35.5. The van der Waals surface area contributed by atoms with Gasteiger partial charge in [-0.05, 0) is 36.0 Å². The number of hydrogen-bond acceptors (Lipinski definition) is 2. The van der Waals surface area contributed by atoms with Gasteiger partial charge < -0.3 is 5.32 Å². The Morgan fingerprint density at radius 1 is 1.29 bits per heavy atom. The van der Waals surface area contributed by atoms with Crippen LogP contribution >= 0.6 is 11.6 Å². The van der Waals surface area contributed by atoms with Crippen LogP contribution in [0.5, 0.6) is 0 Å². The molecule has 1 aliphatic heterocycles. The highest BCUT2D eigenvalue weighted by Gasteiger charge is 2.29. The molecule has 0 radical (unpaired) electrons. The van der Waals surface area contributed by atoms with Gasteiger partial charge in [-0.25, -0.2) is 0 Å². The lowest BCUT2D eigenvalue weighted by Crippen LogP contribution is -2.58. The molecule has 3 heteroatoms. The summed E-state index contributed by atoms with van der Waals surface area (Å²) in [5.41, 5.74) is 1.32. The van der Waals surface area contributed by atoms with Crippen molar-refractivity contribution in [1.82, 2.24) is 10.2 Å². The summed E-state index contributed by atoms with van der Waals surface area (Å²) in [4.78, 5) is 2.64. The minimum Gasteiger partial charge on any atom is -0.311 e. The van der Waals surface area contributed by atoms with Crippen LogP contribution in [0.3, 0.4) is 0 Å². The van der Waals surface area contributed by atoms with Gasteiger partial charge in [0.05, 0.1) is 0 Å². The maximum atomic E-state index is 6.13. The highest BCUT2D eigenvalue weighted by molar-refractivity contribution is 6.30. The van der Waals surface area contributed by atoms with Gasteiger partial charge in [-0.15, -0.1) is 0 Å². The van der Waals surface area contributed by atoms with Crippen LogP contribution in [0.4, 0.5) is 0 Å². The van der Waals surface area contributed by atoms with Gasteiger partial charge in [0.15, 0.2) is 0 Å². The van der Waals surface area contributed by atoms with Gasteiger partial charge in [-0.2, -0.15) is 0 Å². The molecule has 0 bridgehead atoms. The minimum atomic E-state index is 0.604. The van der Waals surface area contributed by atoms with E-state index in [2.05, 4.69) is 56.1 Å². The Hall–Kier alpha value is -0.570. The van der Waals surface area contributed by atoms with Crippen LogP contribution in [0.15, 0.2) is 24.3 Å². The number of nitrogens with zero attached hydrogens (tertiary/aromatic N) is 1. The molecule has 2 unspecified atom stereocenters. The van der Waals surface area contributed by atoms with Crippen LogP contribution in [0.2, 0.25) is 5.02 Å². The predicted molar refractivity (Wildman–Crippen MR) is 91.7 cm³/mol. The lowest BCUT2D eigenvalue weighted by atomic mass is 9.94. The molecule has 1 saturated heterocycles. The van der Waals surface area contributed by atoms with Crippen molar-refractivity contribution in [3.63, 3.8) is 0 Å². The van der Waals surface area contributed by atoms with Crippen molar-refractivity contribution in [3.05, 3.63) is 34.9 Å². The summed E-state index contributed by atoms with van der Waals surface area (Å²) in [6.07, 6.45) is 1.25. The third-order valence-electron chi connectivity index (χ3n) is 4.34. The average Bonchev–Trinajstić information content (AvgIpc) is 2.37. The van der Waals surface area contributed by atoms with Crippen LogP contribution in [-0.4, -0.2) is 30.1 Å². The normalized spacial score (nSPS) is 24.0. The Labute approximate surface area is 134 Å². The van der Waals surface area contributed by atoms with Crippen LogP contribution in [0.1, 0.15) is 39.7 Å². The Morgan fingerprint density at radius 2 is 2.05 bits per heavy atom. The Bertz CT molecular complexity index is 445. The second kappa shape index (κ2) is 7.62. The first kappa shape index (κ1) is 16.8. The van der Waals surface area contributed by atoms with Crippen molar-refractivity contribution in [2.24, 2.45) is 11.8 Å². The van der Waals surface area contributed by atoms with E-state index in [4.69, 9.17) is 11.6 Å². The monoisotopic (exact) mass is 308 g/mol. The number of halogens is 1. The number of piperazine rings is 1. The van der Waals surface area contributed by atoms with Crippen LogP contribution in [0.25, 0.3) is 0 Å². The SMILES string of the molecule is CC(C)CC1CN(Cc2cccc(Cl)c2)C(C(C)C)CN1. The highest BCUT2D eigenvalue weighted by Crippen LogP contribution is 2.21. The molecule has 1 aromatic carbocycles. The van der Waals surface area contributed by atoms with E-state index in [9.17, 15) is 0 Å². The predicted octanol–water partition coefficient (Wildman–Crippen LogP) is 4.18. The van der Waals surface area contributed by atoms with Crippen LogP contribution in [-0.2, 0) is 6.54 Å². The van der Waals surface area contributed by atoms with E-state index in [0.717, 1.165) is 30.6 Å². The molecule has 0 aromatic heterocycles. The number of benzene rings is 1. The van der Waals surface area contributed by atoms with Gasteiger partial charge in [0.25, 0.3) is 0 Å². The number of rotatable bonds is 5. The van der Waals surface area contributed by atoms with E-state index >= 15 is 0 Å². The standard InChI is InChI=1S/C18H29ClN2/c1-13(2)8-17-12-21(18(10-20-17)14(3)4)11-15-6-5-7-16(19)9-15/h5-7,9,13-14,17-18,20H,8,10-12H2,1-4H3. The van der Waals surface area contributed by atoms with Gasteiger partial charge in [-0.1, -0.05) is 51.4 Å². The summed E-state index contributed by atoms with van der Waals surface area (Å²) in [7, 11) is 0. The summed E-state index contributed by atoms with van der Waals surface area (Å²) < 4.78 is 0. The van der Waals surface area contributed by atoms with Crippen molar-refractivity contribution in [3.8, 4) is 0 Å². The molecule has 2 nitrogen and oxygen atoms in total. The smallest absolute Gasteiger partial charge is 0.0409 e. The largest absolute Gasteiger partial charge is 0.311 e. The first-order chi connectivity index (χ1) is 9.95. The van der Waals surface area contributed by atoms with Crippen molar-refractivity contribution < 1.29 is 0 Å². The van der Waals surface area contributed by atoms with Crippen LogP contribution < -0.4 is 5.32 Å². The van der Waals surface area contributed by atoms with Crippen molar-refractivity contribution in [1.29, 1.82) is 0 Å². The van der Waals surface area contributed by atoms with Gasteiger partial charge in [0, 0.05) is 36.7 Å². The second-order valence-electron chi connectivity index (χ2n) is 7.11. The molecule has 0 amide bonds. The molecule has 0 spiro atoms. The number of nitrogens with one attached hydrogen (secondary N) is 1. The maximum Gasteiger partial charge on any atom is 0.0409 e. The topological polar surface area (TPSA) is 15.3 Å². The molecular formula is C18H29ClN2. The fourth-order valence-electron chi connectivity index (χ4n) is 3.34. The first-order valence-electron chi connectivity index (χ1n) is 8.17. The molecule has 21 heavy (non-hydrogen) atoms. The molecule has 2 rings (SSSR count). The summed E-state index contributed by atoms with van der Waals surface area (Å²) in [5.74, 6) is 1.41. The number of hydrogen-bond donors (Lipinski definition) is 1. The molecule has 118 valence electrons. The average molecular weight is 309 g/mol. The van der Waals surface area contributed by atoms with Gasteiger partial charge in [0.1, 0.15) is 0 Å². The van der Waals surface area contributed by atoms with Crippen molar-refractivity contribution in [2.75, 3.05) is 13.1 Å². The van der Waals surface area contributed by atoms with E-state index in [0.29, 0.717) is 18.0 Å².